The predicted molar refractivity (Wildman–Crippen MR) is 86.7 cm³/mol. The molecule has 2 heterocycles. The molecule has 0 atom stereocenters. The number of aromatic nitrogens is 3. The van der Waals surface area contributed by atoms with Crippen molar-refractivity contribution in [2.24, 2.45) is 5.92 Å². The van der Waals surface area contributed by atoms with Gasteiger partial charge in [-0.1, -0.05) is 33.6 Å². The fourth-order valence-corrected chi connectivity index (χ4v) is 1.75. The van der Waals surface area contributed by atoms with Crippen molar-refractivity contribution in [3.63, 3.8) is 0 Å². The zero-order valence-corrected chi connectivity index (χ0v) is 13.9. The first-order chi connectivity index (χ1) is 10.0. The highest BCUT2D eigenvalue weighted by atomic mass is 16.1. The van der Waals surface area contributed by atoms with E-state index in [4.69, 9.17) is 0 Å². The number of amides is 1. The zero-order chi connectivity index (χ0) is 16.0. The number of hydrogen-bond acceptors (Lipinski definition) is 3. The number of hydrogen-bond donors (Lipinski definition) is 0. The first-order valence-corrected chi connectivity index (χ1v) is 7.52. The third kappa shape index (κ3) is 4.55. The third-order valence-corrected chi connectivity index (χ3v) is 3.23. The molecule has 5 nitrogen and oxygen atoms in total. The summed E-state index contributed by atoms with van der Waals surface area (Å²) >= 11 is 0. The summed E-state index contributed by atoms with van der Waals surface area (Å²) in [6.07, 6.45) is 7.22. The predicted octanol–water partition coefficient (Wildman–Crippen LogP) is 3.38. The lowest BCUT2D eigenvalue weighted by atomic mass is 10.3. The van der Waals surface area contributed by atoms with Gasteiger partial charge in [-0.2, -0.15) is 5.10 Å². The number of rotatable bonds is 2. The van der Waals surface area contributed by atoms with Crippen molar-refractivity contribution in [2.45, 2.75) is 47.5 Å². The number of aryl methyl sites for hydroxylation is 2. The molecule has 2 aromatic rings. The molecule has 1 aliphatic carbocycles. The highest BCUT2D eigenvalue weighted by Gasteiger charge is 2.12. The van der Waals surface area contributed by atoms with Crippen LogP contribution in [0.4, 0.5) is 5.82 Å². The highest BCUT2D eigenvalue weighted by Crippen LogP contribution is 2.26. The van der Waals surface area contributed by atoms with Crippen molar-refractivity contribution in [1.29, 1.82) is 0 Å². The summed E-state index contributed by atoms with van der Waals surface area (Å²) in [5.74, 6) is 1.68. The van der Waals surface area contributed by atoms with Crippen molar-refractivity contribution in [1.82, 2.24) is 14.6 Å². The van der Waals surface area contributed by atoms with Crippen LogP contribution in [0.15, 0.2) is 12.4 Å². The van der Waals surface area contributed by atoms with Gasteiger partial charge in [-0.25, -0.2) is 9.50 Å². The lowest BCUT2D eigenvalue weighted by Crippen LogP contribution is -2.16. The van der Waals surface area contributed by atoms with Crippen LogP contribution < -0.4 is 4.90 Å². The Labute approximate surface area is 127 Å². The summed E-state index contributed by atoms with van der Waals surface area (Å²) in [6.45, 7) is 10.2. The van der Waals surface area contributed by atoms with E-state index in [1.807, 2.05) is 27.7 Å². The van der Waals surface area contributed by atoms with Gasteiger partial charge in [0.25, 0.3) is 0 Å². The van der Waals surface area contributed by atoms with Crippen LogP contribution in [0.2, 0.25) is 0 Å². The van der Waals surface area contributed by atoms with Crippen LogP contribution in [0.25, 0.3) is 5.52 Å². The van der Waals surface area contributed by atoms with E-state index in [-0.39, 0.29) is 0 Å². The summed E-state index contributed by atoms with van der Waals surface area (Å²) in [5, 5.41) is 4.19. The van der Waals surface area contributed by atoms with Gasteiger partial charge in [-0.05, 0) is 25.3 Å². The zero-order valence-electron chi connectivity index (χ0n) is 13.9. The maximum Gasteiger partial charge on any atom is 0.215 e. The molecule has 0 aliphatic heterocycles. The molecule has 0 spiro atoms. The SMILES string of the molecule is CC.CC1CC1.Cc1cnn2cc(N(C)C=O)nc(C)c12. The Kier molecular flexibility index (Phi) is 6.34. The molecule has 1 aliphatic rings. The van der Waals surface area contributed by atoms with E-state index in [1.54, 1.807) is 24.0 Å². The summed E-state index contributed by atoms with van der Waals surface area (Å²) < 4.78 is 1.74. The Morgan fingerprint density at radius 3 is 2.38 bits per heavy atom. The fraction of sp³-hybridized carbons (Fsp3) is 0.562. The average Bonchev–Trinajstić information content (AvgIpc) is 3.19. The molecule has 1 saturated carbocycles. The smallest absolute Gasteiger partial charge is 0.215 e. The fourth-order valence-electron chi connectivity index (χ4n) is 1.75. The van der Waals surface area contributed by atoms with E-state index in [0.29, 0.717) is 5.82 Å². The normalized spacial score (nSPS) is 12.9. The van der Waals surface area contributed by atoms with Crippen LogP contribution in [0.5, 0.6) is 0 Å². The maximum absolute atomic E-state index is 10.6. The van der Waals surface area contributed by atoms with E-state index in [9.17, 15) is 4.79 Å². The minimum absolute atomic E-state index is 0.595. The van der Waals surface area contributed by atoms with E-state index < -0.39 is 0 Å². The van der Waals surface area contributed by atoms with Gasteiger partial charge in [-0.3, -0.25) is 4.79 Å². The second-order valence-corrected chi connectivity index (χ2v) is 5.20. The summed E-state index contributed by atoms with van der Waals surface area (Å²) in [5.41, 5.74) is 2.95. The van der Waals surface area contributed by atoms with E-state index in [0.717, 1.165) is 29.1 Å². The van der Waals surface area contributed by atoms with Gasteiger partial charge in [0.05, 0.1) is 23.6 Å². The molecular weight excluding hydrogens is 264 g/mol. The number of anilines is 1. The highest BCUT2D eigenvalue weighted by molar-refractivity contribution is 5.72. The summed E-state index contributed by atoms with van der Waals surface area (Å²) in [6, 6.07) is 0. The number of nitrogens with zero attached hydrogens (tertiary/aromatic N) is 4. The minimum atomic E-state index is 0.595. The topological polar surface area (TPSA) is 50.5 Å². The van der Waals surface area contributed by atoms with Crippen molar-refractivity contribution >= 4 is 17.7 Å². The Bertz CT molecular complexity index is 587. The van der Waals surface area contributed by atoms with E-state index in [1.165, 1.54) is 17.7 Å². The first-order valence-electron chi connectivity index (χ1n) is 7.52. The van der Waals surface area contributed by atoms with Gasteiger partial charge in [0, 0.05) is 7.05 Å². The lowest BCUT2D eigenvalue weighted by molar-refractivity contribution is -0.107. The molecule has 0 bridgehead atoms. The molecule has 0 saturated heterocycles. The second kappa shape index (κ2) is 7.76. The number of fused-ring (bicyclic) bond motifs is 1. The van der Waals surface area contributed by atoms with Crippen molar-refractivity contribution in [3.8, 4) is 0 Å². The third-order valence-electron chi connectivity index (χ3n) is 3.23. The quantitative estimate of drug-likeness (QED) is 0.797. The Morgan fingerprint density at radius 2 is 1.90 bits per heavy atom. The molecule has 0 radical (unpaired) electrons. The Balaban J connectivity index is 0.000000310. The van der Waals surface area contributed by atoms with Gasteiger partial charge in [0.1, 0.15) is 0 Å². The van der Waals surface area contributed by atoms with Crippen LogP contribution in [-0.2, 0) is 4.79 Å². The largest absolute Gasteiger partial charge is 0.301 e. The van der Waals surface area contributed by atoms with Crippen LogP contribution >= 0.6 is 0 Å². The molecule has 2 aromatic heterocycles. The Hall–Kier alpha value is -1.91. The molecule has 0 N–H and O–H groups in total. The van der Waals surface area contributed by atoms with Crippen molar-refractivity contribution in [3.05, 3.63) is 23.7 Å². The van der Waals surface area contributed by atoms with E-state index >= 15 is 0 Å². The molecule has 0 aromatic carbocycles. The van der Waals surface area contributed by atoms with Crippen molar-refractivity contribution in [2.75, 3.05) is 11.9 Å². The molecule has 5 heteroatoms. The molecule has 3 rings (SSSR count). The molecule has 21 heavy (non-hydrogen) atoms. The summed E-state index contributed by atoms with van der Waals surface area (Å²) in [7, 11) is 1.66. The van der Waals surface area contributed by atoms with Gasteiger partial charge in [0.15, 0.2) is 5.82 Å². The molecule has 0 unspecified atom stereocenters. The summed E-state index contributed by atoms with van der Waals surface area (Å²) in [4.78, 5) is 16.4. The van der Waals surface area contributed by atoms with Crippen molar-refractivity contribution < 1.29 is 4.79 Å². The van der Waals surface area contributed by atoms with Gasteiger partial charge < -0.3 is 4.90 Å². The monoisotopic (exact) mass is 290 g/mol. The van der Waals surface area contributed by atoms with Crippen LogP contribution in [0, 0.1) is 19.8 Å². The molecule has 116 valence electrons. The standard InChI is InChI=1S/C10H12N4O.C4H8.C2H6/c1-7-4-11-14-5-9(13(3)6-15)12-8(2)10(7)14;1-4-2-3-4;1-2/h4-6H,1-3H3;4H,2-3H2,1H3;1-2H3. The Morgan fingerprint density at radius 1 is 1.33 bits per heavy atom. The van der Waals surface area contributed by atoms with Gasteiger partial charge in [0.2, 0.25) is 6.41 Å². The van der Waals surface area contributed by atoms with Crippen LogP contribution in [-0.4, -0.2) is 28.1 Å². The lowest BCUT2D eigenvalue weighted by Gasteiger charge is -2.10. The second-order valence-electron chi connectivity index (χ2n) is 5.20. The van der Waals surface area contributed by atoms with Gasteiger partial charge in [-0.15, -0.1) is 0 Å². The van der Waals surface area contributed by atoms with Crippen LogP contribution in [0.1, 0.15) is 44.9 Å². The molecule has 1 fully saturated rings. The maximum atomic E-state index is 10.6. The molecule has 1 amide bonds. The average molecular weight is 290 g/mol. The molecular formula is C16H26N4O. The number of carbonyl (C=O) groups excluding carboxylic acids is 1. The van der Waals surface area contributed by atoms with Crippen LogP contribution in [0.3, 0.4) is 0 Å². The first kappa shape index (κ1) is 17.1. The number of carbonyl (C=O) groups is 1. The minimum Gasteiger partial charge on any atom is -0.301 e. The van der Waals surface area contributed by atoms with Gasteiger partial charge >= 0.3 is 0 Å². The van der Waals surface area contributed by atoms with E-state index in [2.05, 4.69) is 17.0 Å².